The first-order chi connectivity index (χ1) is 13.1. The van der Waals surface area contributed by atoms with Gasteiger partial charge in [0.25, 0.3) is 0 Å². The fraction of sp³-hybridized carbons (Fsp3) is 0.400. The highest BCUT2D eigenvalue weighted by Crippen LogP contribution is 2.60. The quantitative estimate of drug-likeness (QED) is 0.775. The van der Waals surface area contributed by atoms with Gasteiger partial charge in [-0.1, -0.05) is 17.3 Å². The topological polar surface area (TPSA) is 90.4 Å². The molecule has 4 aliphatic rings. The molecule has 0 unspecified atom stereocenters. The predicted molar refractivity (Wildman–Crippen MR) is 93.9 cm³/mol. The molecule has 3 aliphatic carbocycles. The number of piperazine rings is 1. The number of carbonyl (C=O) groups excluding carboxylic acids is 2. The minimum atomic E-state index is -0.465. The van der Waals surface area contributed by atoms with Crippen LogP contribution >= 0.6 is 0 Å². The average molecular weight is 362 g/mol. The molecule has 6 rings (SSSR count). The van der Waals surface area contributed by atoms with Crippen molar-refractivity contribution in [3.05, 3.63) is 41.6 Å². The normalized spacial score (nSPS) is 26.4. The number of amides is 2. The number of hydrogen-bond donors (Lipinski definition) is 0. The lowest BCUT2D eigenvalue weighted by molar-refractivity contribution is -0.186. The van der Waals surface area contributed by atoms with Gasteiger partial charge in [0.05, 0.1) is 18.2 Å². The molecule has 7 nitrogen and oxygen atoms in total. The first kappa shape index (κ1) is 16.1. The second-order valence-electron chi connectivity index (χ2n) is 7.73. The molecule has 1 aromatic heterocycles. The molecule has 2 bridgehead atoms. The van der Waals surface area contributed by atoms with Crippen molar-refractivity contribution >= 4 is 11.8 Å². The molecule has 136 valence electrons. The van der Waals surface area contributed by atoms with Crippen LogP contribution in [-0.4, -0.2) is 45.4 Å². The van der Waals surface area contributed by atoms with E-state index in [1.807, 2.05) is 6.07 Å². The van der Waals surface area contributed by atoms with Crippen molar-refractivity contribution < 1.29 is 14.1 Å². The molecule has 1 saturated heterocycles. The van der Waals surface area contributed by atoms with E-state index in [4.69, 9.17) is 4.52 Å². The van der Waals surface area contributed by atoms with E-state index >= 15 is 0 Å². The highest BCUT2D eigenvalue weighted by molar-refractivity contribution is 6.35. The van der Waals surface area contributed by atoms with Gasteiger partial charge in [-0.2, -0.15) is 5.26 Å². The zero-order chi connectivity index (χ0) is 18.6. The first-order valence-corrected chi connectivity index (χ1v) is 9.16. The Labute approximate surface area is 156 Å². The maximum Gasteiger partial charge on any atom is 0.312 e. The van der Waals surface area contributed by atoms with E-state index in [-0.39, 0.29) is 12.1 Å². The third-order valence-corrected chi connectivity index (χ3v) is 6.11. The molecule has 2 heterocycles. The lowest BCUT2D eigenvalue weighted by Crippen LogP contribution is -2.73. The Morgan fingerprint density at radius 3 is 2.67 bits per heavy atom. The number of benzene rings is 1. The van der Waals surface area contributed by atoms with Crippen molar-refractivity contribution in [2.45, 2.75) is 31.3 Å². The minimum Gasteiger partial charge on any atom is -0.356 e. The van der Waals surface area contributed by atoms with Crippen LogP contribution in [0.2, 0.25) is 0 Å². The molecular weight excluding hydrogens is 344 g/mol. The monoisotopic (exact) mass is 362 g/mol. The van der Waals surface area contributed by atoms with Crippen molar-refractivity contribution in [2.24, 2.45) is 5.92 Å². The molecule has 0 atom stereocenters. The minimum absolute atomic E-state index is 0.0223. The van der Waals surface area contributed by atoms with Crippen molar-refractivity contribution in [2.75, 3.05) is 13.1 Å². The summed E-state index contributed by atoms with van der Waals surface area (Å²) in [6.45, 7) is 1.32. The Bertz CT molecular complexity index is 972. The van der Waals surface area contributed by atoms with Crippen LogP contribution in [0.5, 0.6) is 0 Å². The molecule has 27 heavy (non-hydrogen) atoms. The zero-order valence-electron chi connectivity index (χ0n) is 14.7. The molecular formula is C20H18N4O3. The number of carbonyl (C=O) groups is 2. The maximum absolute atomic E-state index is 12.6. The lowest BCUT2D eigenvalue weighted by Gasteiger charge is -2.66. The van der Waals surface area contributed by atoms with Gasteiger partial charge in [-0.25, -0.2) is 0 Å². The standard InChI is InChI=1S/C20H18N4O3/c21-11-14-3-1-2-4-16(14)17-7-15(22-27-17)12-23-5-6-24(19(26)18(23)25)20-8-13(9-20)10-20/h1-4,7,13H,5-6,8-10,12H2. The Hall–Kier alpha value is -3.14. The van der Waals surface area contributed by atoms with Gasteiger partial charge in [-0.05, 0) is 37.3 Å². The summed E-state index contributed by atoms with van der Waals surface area (Å²) < 4.78 is 5.37. The summed E-state index contributed by atoms with van der Waals surface area (Å²) in [6, 6.07) is 11.0. The van der Waals surface area contributed by atoms with Crippen LogP contribution < -0.4 is 0 Å². The Balaban J connectivity index is 1.30. The van der Waals surface area contributed by atoms with E-state index < -0.39 is 11.8 Å². The molecule has 7 heteroatoms. The van der Waals surface area contributed by atoms with E-state index in [0.29, 0.717) is 35.7 Å². The van der Waals surface area contributed by atoms with Gasteiger partial charge in [0.1, 0.15) is 5.69 Å². The van der Waals surface area contributed by atoms with Crippen molar-refractivity contribution in [3.63, 3.8) is 0 Å². The second-order valence-corrected chi connectivity index (χ2v) is 7.73. The summed E-state index contributed by atoms with van der Waals surface area (Å²) in [4.78, 5) is 28.4. The fourth-order valence-corrected chi connectivity index (χ4v) is 4.55. The lowest BCUT2D eigenvalue weighted by atomic mass is 9.49. The summed E-state index contributed by atoms with van der Waals surface area (Å²) >= 11 is 0. The fourth-order valence-electron chi connectivity index (χ4n) is 4.55. The van der Waals surface area contributed by atoms with Crippen LogP contribution in [0, 0.1) is 17.2 Å². The van der Waals surface area contributed by atoms with Crippen molar-refractivity contribution in [1.29, 1.82) is 5.26 Å². The zero-order valence-corrected chi connectivity index (χ0v) is 14.7. The summed E-state index contributed by atoms with van der Waals surface area (Å²) in [5.41, 5.74) is 1.71. The smallest absolute Gasteiger partial charge is 0.312 e. The molecule has 2 amide bonds. The van der Waals surface area contributed by atoms with Crippen LogP contribution in [0.1, 0.15) is 30.5 Å². The van der Waals surface area contributed by atoms with Gasteiger partial charge in [0.15, 0.2) is 5.76 Å². The van der Waals surface area contributed by atoms with E-state index in [9.17, 15) is 14.9 Å². The van der Waals surface area contributed by atoms with Crippen molar-refractivity contribution in [3.8, 4) is 17.4 Å². The van der Waals surface area contributed by atoms with Crippen molar-refractivity contribution in [1.82, 2.24) is 15.0 Å². The second kappa shape index (κ2) is 5.68. The maximum atomic E-state index is 12.6. The van der Waals surface area contributed by atoms with Crippen LogP contribution in [0.15, 0.2) is 34.9 Å². The highest BCUT2D eigenvalue weighted by Gasteiger charge is 2.62. The molecule has 0 radical (unpaired) electrons. The van der Waals surface area contributed by atoms with E-state index in [0.717, 1.165) is 25.2 Å². The van der Waals surface area contributed by atoms with Gasteiger partial charge >= 0.3 is 11.8 Å². The number of rotatable bonds is 4. The SMILES string of the molecule is N#Cc1ccccc1-c1cc(CN2CCN(C34CC(C3)C4)C(=O)C2=O)no1. The van der Waals surface area contributed by atoms with E-state index in [1.54, 1.807) is 29.2 Å². The Kier molecular flexibility index (Phi) is 3.38. The van der Waals surface area contributed by atoms with E-state index in [2.05, 4.69) is 11.2 Å². The summed E-state index contributed by atoms with van der Waals surface area (Å²) in [5.74, 6) is 0.384. The molecule has 1 aromatic carbocycles. The van der Waals surface area contributed by atoms with Crippen LogP contribution in [-0.2, 0) is 16.1 Å². The molecule has 2 aromatic rings. The largest absolute Gasteiger partial charge is 0.356 e. The van der Waals surface area contributed by atoms with Crippen LogP contribution in [0.4, 0.5) is 0 Å². The van der Waals surface area contributed by atoms with Crippen LogP contribution in [0.3, 0.4) is 0 Å². The molecule has 0 spiro atoms. The molecule has 0 N–H and O–H groups in total. The average Bonchev–Trinajstić information content (AvgIpc) is 3.07. The third-order valence-electron chi connectivity index (χ3n) is 6.11. The number of nitriles is 1. The number of nitrogens with zero attached hydrogens (tertiary/aromatic N) is 4. The van der Waals surface area contributed by atoms with Gasteiger partial charge in [-0.15, -0.1) is 0 Å². The third kappa shape index (κ3) is 2.36. The molecule has 4 fully saturated rings. The van der Waals surface area contributed by atoms with Crippen LogP contribution in [0.25, 0.3) is 11.3 Å². The Morgan fingerprint density at radius 1 is 1.19 bits per heavy atom. The number of aromatic nitrogens is 1. The van der Waals surface area contributed by atoms with Gasteiger partial charge < -0.3 is 14.3 Å². The highest BCUT2D eigenvalue weighted by atomic mass is 16.5. The summed E-state index contributed by atoms with van der Waals surface area (Å²) in [6.07, 6.45) is 3.16. The summed E-state index contributed by atoms with van der Waals surface area (Å²) in [7, 11) is 0. The van der Waals surface area contributed by atoms with E-state index in [1.165, 1.54) is 4.90 Å². The molecule has 3 saturated carbocycles. The van der Waals surface area contributed by atoms with Gasteiger partial charge in [0.2, 0.25) is 0 Å². The molecule has 1 aliphatic heterocycles. The van der Waals surface area contributed by atoms with Gasteiger partial charge in [0, 0.05) is 30.3 Å². The predicted octanol–water partition coefficient (Wildman–Crippen LogP) is 1.94. The Morgan fingerprint density at radius 2 is 1.96 bits per heavy atom. The first-order valence-electron chi connectivity index (χ1n) is 9.16. The summed E-state index contributed by atoms with van der Waals surface area (Å²) in [5, 5.41) is 13.2. The van der Waals surface area contributed by atoms with Gasteiger partial charge in [-0.3, -0.25) is 9.59 Å². The number of hydrogen-bond acceptors (Lipinski definition) is 5.